The first-order chi connectivity index (χ1) is 9.24. The van der Waals surface area contributed by atoms with Gasteiger partial charge in [0.15, 0.2) is 0 Å². The second-order valence-electron chi connectivity index (χ2n) is 3.38. The highest BCUT2D eigenvalue weighted by molar-refractivity contribution is 7.39. The molecule has 1 atom stereocenters. The van der Waals surface area contributed by atoms with Crippen LogP contribution in [0.15, 0.2) is 53.0 Å². The minimum Gasteiger partial charge on any atom is -0.453 e. The Morgan fingerprint density at radius 2 is 1.58 bits per heavy atom. The predicted molar refractivity (Wildman–Crippen MR) is 71.7 cm³/mol. The molecular weight excluding hydrogens is 290 g/mol. The van der Waals surface area contributed by atoms with Crippen LogP contribution in [0.2, 0.25) is 0 Å². The van der Waals surface area contributed by atoms with Gasteiger partial charge >= 0.3 is 0 Å². The summed E-state index contributed by atoms with van der Waals surface area (Å²) in [6.45, 7) is 0. The first-order valence-corrected chi connectivity index (χ1v) is 6.86. The summed E-state index contributed by atoms with van der Waals surface area (Å²) in [5.74, 6) is 0.0611. The fourth-order valence-corrected chi connectivity index (χ4v) is 2.11. The van der Waals surface area contributed by atoms with E-state index in [2.05, 4.69) is 4.52 Å². The average Bonchev–Trinajstić information content (AvgIpc) is 2.38. The minimum atomic E-state index is -0.369. The van der Waals surface area contributed by atoms with Crippen LogP contribution in [0.25, 0.3) is 0 Å². The third-order valence-corrected chi connectivity index (χ3v) is 3.26. The van der Waals surface area contributed by atoms with Crippen LogP contribution in [0.1, 0.15) is 0 Å². The van der Waals surface area contributed by atoms with E-state index >= 15 is 0 Å². The SMILES string of the molecule is Fc1cccc(OP=NPOc2cccc(F)c2)c1. The Morgan fingerprint density at radius 3 is 2.26 bits per heavy atom. The summed E-state index contributed by atoms with van der Waals surface area (Å²) in [7, 11) is 0.0809. The van der Waals surface area contributed by atoms with E-state index < -0.39 is 0 Å². The Bertz CT molecular complexity index is 581. The fourth-order valence-electron chi connectivity index (χ4n) is 1.21. The number of halogens is 2. The van der Waals surface area contributed by atoms with Gasteiger partial charge in [-0.2, -0.15) is 4.52 Å². The van der Waals surface area contributed by atoms with Gasteiger partial charge in [0.25, 0.3) is 0 Å². The van der Waals surface area contributed by atoms with Crippen molar-refractivity contribution in [3.63, 3.8) is 0 Å². The van der Waals surface area contributed by atoms with Crippen molar-refractivity contribution in [1.82, 2.24) is 0 Å². The molecule has 0 amide bonds. The average molecular weight is 299 g/mol. The van der Waals surface area contributed by atoms with Gasteiger partial charge in [0.2, 0.25) is 17.6 Å². The molecule has 0 aliphatic carbocycles. The molecule has 2 aromatic rings. The van der Waals surface area contributed by atoms with Gasteiger partial charge in [-0.3, -0.25) is 0 Å². The lowest BCUT2D eigenvalue weighted by atomic mass is 10.3. The highest BCUT2D eigenvalue weighted by atomic mass is 31.1. The van der Waals surface area contributed by atoms with Crippen LogP contribution < -0.4 is 9.05 Å². The van der Waals surface area contributed by atoms with E-state index in [0.717, 1.165) is 0 Å². The molecule has 0 fully saturated rings. The lowest BCUT2D eigenvalue weighted by Crippen LogP contribution is -1.78. The minimum absolute atomic E-state index is 0.218. The quantitative estimate of drug-likeness (QED) is 0.729. The molecule has 0 aromatic heterocycles. The van der Waals surface area contributed by atoms with Crippen molar-refractivity contribution in [3.8, 4) is 11.5 Å². The van der Waals surface area contributed by atoms with Crippen molar-refractivity contribution < 1.29 is 17.8 Å². The van der Waals surface area contributed by atoms with Crippen molar-refractivity contribution in [2.24, 2.45) is 4.52 Å². The second kappa shape index (κ2) is 7.13. The van der Waals surface area contributed by atoms with Crippen LogP contribution in [-0.2, 0) is 0 Å². The van der Waals surface area contributed by atoms with Gasteiger partial charge in [0.1, 0.15) is 23.1 Å². The van der Waals surface area contributed by atoms with E-state index in [1.165, 1.54) is 24.3 Å². The summed E-state index contributed by atoms with van der Waals surface area (Å²) in [6, 6.07) is 11.6. The predicted octanol–water partition coefficient (Wildman–Crippen LogP) is 4.98. The van der Waals surface area contributed by atoms with Gasteiger partial charge < -0.3 is 9.05 Å². The molecule has 3 nitrogen and oxygen atoms in total. The molecule has 98 valence electrons. The van der Waals surface area contributed by atoms with Crippen molar-refractivity contribution in [2.45, 2.75) is 0 Å². The number of benzene rings is 2. The standard InChI is InChI=1S/C12H9F2NO2P2/c13-9-3-1-5-11(7-9)16-18-15-19-17-12-6-2-4-10(14)8-12/h1-8,18H. The van der Waals surface area contributed by atoms with Crippen molar-refractivity contribution in [3.05, 3.63) is 60.2 Å². The zero-order valence-corrected chi connectivity index (χ0v) is 11.5. The Balaban J connectivity index is 1.78. The lowest BCUT2D eigenvalue weighted by molar-refractivity contribution is 0.592. The van der Waals surface area contributed by atoms with Gasteiger partial charge in [-0.15, -0.1) is 0 Å². The first kappa shape index (κ1) is 13.9. The summed E-state index contributed by atoms with van der Waals surface area (Å²) in [5.41, 5.74) is 0. The van der Waals surface area contributed by atoms with Gasteiger partial charge in [0, 0.05) is 12.1 Å². The molecule has 0 heterocycles. The molecule has 0 bridgehead atoms. The van der Waals surface area contributed by atoms with Gasteiger partial charge in [-0.1, -0.05) is 12.1 Å². The van der Waals surface area contributed by atoms with E-state index in [1.54, 1.807) is 24.3 Å². The molecule has 0 spiro atoms. The van der Waals surface area contributed by atoms with E-state index in [-0.39, 0.29) is 20.6 Å². The number of hydrogen-bond acceptors (Lipinski definition) is 3. The molecule has 0 radical (unpaired) electrons. The smallest absolute Gasteiger partial charge is 0.249 e. The second-order valence-corrected chi connectivity index (χ2v) is 4.91. The van der Waals surface area contributed by atoms with E-state index in [1.807, 2.05) is 0 Å². The van der Waals surface area contributed by atoms with E-state index in [9.17, 15) is 8.78 Å². The lowest BCUT2D eigenvalue weighted by Gasteiger charge is -2.01. The molecule has 2 rings (SSSR count). The zero-order valence-electron chi connectivity index (χ0n) is 9.59. The van der Waals surface area contributed by atoms with Crippen molar-refractivity contribution >= 4 is 17.6 Å². The number of hydrogen-bond donors (Lipinski definition) is 0. The number of nitrogens with zero attached hydrogens (tertiary/aromatic N) is 1. The molecule has 0 aliphatic heterocycles. The molecule has 1 unspecified atom stereocenters. The Labute approximate surface area is 112 Å². The molecule has 7 heteroatoms. The summed E-state index contributed by atoms with van der Waals surface area (Å²) in [6.07, 6.45) is 0. The summed E-state index contributed by atoms with van der Waals surface area (Å²) < 4.78 is 40.0. The van der Waals surface area contributed by atoms with Crippen LogP contribution in [0.5, 0.6) is 11.5 Å². The van der Waals surface area contributed by atoms with Crippen LogP contribution >= 0.6 is 17.6 Å². The van der Waals surface area contributed by atoms with Gasteiger partial charge in [-0.25, -0.2) is 8.78 Å². The molecule has 0 saturated heterocycles. The highest BCUT2D eigenvalue weighted by Crippen LogP contribution is 2.26. The Kier molecular flexibility index (Phi) is 5.20. The summed E-state index contributed by atoms with van der Waals surface area (Å²) in [4.78, 5) is 0. The zero-order chi connectivity index (χ0) is 13.5. The third-order valence-electron chi connectivity index (χ3n) is 1.98. The largest absolute Gasteiger partial charge is 0.453 e. The monoisotopic (exact) mass is 299 g/mol. The molecule has 19 heavy (non-hydrogen) atoms. The van der Waals surface area contributed by atoms with Gasteiger partial charge in [-0.05, 0) is 24.3 Å². The first-order valence-electron chi connectivity index (χ1n) is 5.24. The van der Waals surface area contributed by atoms with Crippen LogP contribution in [0, 0.1) is 11.6 Å². The van der Waals surface area contributed by atoms with Crippen LogP contribution in [0.4, 0.5) is 8.78 Å². The third kappa shape index (κ3) is 4.90. The number of rotatable bonds is 5. The molecule has 0 N–H and O–H groups in total. The van der Waals surface area contributed by atoms with Gasteiger partial charge in [0.05, 0.1) is 0 Å². The molecule has 2 aromatic carbocycles. The van der Waals surface area contributed by atoms with Crippen LogP contribution in [-0.4, -0.2) is 0 Å². The van der Waals surface area contributed by atoms with Crippen LogP contribution in [0.3, 0.4) is 0 Å². The fraction of sp³-hybridized carbons (Fsp3) is 0. The highest BCUT2D eigenvalue weighted by Gasteiger charge is 1.96. The maximum absolute atomic E-state index is 12.8. The normalized spacial score (nSPS) is 11.3. The summed E-state index contributed by atoms with van der Waals surface area (Å²) in [5, 5.41) is 0. The molecule has 0 aliphatic rings. The summed E-state index contributed by atoms with van der Waals surface area (Å²) >= 11 is 0. The van der Waals surface area contributed by atoms with Crippen molar-refractivity contribution in [1.29, 1.82) is 0 Å². The Morgan fingerprint density at radius 1 is 0.947 bits per heavy atom. The van der Waals surface area contributed by atoms with E-state index in [4.69, 9.17) is 9.05 Å². The maximum Gasteiger partial charge on any atom is 0.249 e. The maximum atomic E-state index is 12.8. The molecular formula is C12H9F2NO2P2. The topological polar surface area (TPSA) is 30.8 Å². The van der Waals surface area contributed by atoms with Crippen molar-refractivity contribution in [2.75, 3.05) is 0 Å². The molecule has 0 saturated carbocycles. The Hall–Kier alpha value is -1.57. The van der Waals surface area contributed by atoms with E-state index in [0.29, 0.717) is 20.1 Å².